The lowest BCUT2D eigenvalue weighted by Gasteiger charge is -2.03. The number of amides is 1. The third-order valence-electron chi connectivity index (χ3n) is 2.78. The molecule has 0 fully saturated rings. The van der Waals surface area contributed by atoms with Gasteiger partial charge in [-0.25, -0.2) is 0 Å². The van der Waals surface area contributed by atoms with E-state index in [-0.39, 0.29) is 5.91 Å². The van der Waals surface area contributed by atoms with Crippen LogP contribution >= 0.6 is 11.3 Å². The van der Waals surface area contributed by atoms with Gasteiger partial charge in [-0.05, 0) is 37.6 Å². The maximum Gasteiger partial charge on any atom is 0.271 e. The van der Waals surface area contributed by atoms with Crippen molar-refractivity contribution in [2.24, 2.45) is 0 Å². The summed E-state index contributed by atoms with van der Waals surface area (Å²) in [6.07, 6.45) is 0. The van der Waals surface area contributed by atoms with Crippen LogP contribution in [-0.4, -0.2) is 23.2 Å². The number of aromatic nitrogens is 2. The van der Waals surface area contributed by atoms with Gasteiger partial charge in [0.15, 0.2) is 5.69 Å². The van der Waals surface area contributed by atoms with Crippen LogP contribution in [-0.2, 0) is 6.54 Å². The molecule has 100 valence electrons. The Morgan fingerprint density at radius 2 is 2.11 bits per heavy atom. The van der Waals surface area contributed by atoms with Crippen molar-refractivity contribution in [3.8, 4) is 0 Å². The molecule has 0 aliphatic carbocycles. The van der Waals surface area contributed by atoms with Gasteiger partial charge in [0.25, 0.3) is 5.91 Å². The van der Waals surface area contributed by atoms with E-state index >= 15 is 0 Å². The Balaban J connectivity index is 1.98. The fourth-order valence-corrected chi connectivity index (χ4v) is 2.58. The third-order valence-corrected chi connectivity index (χ3v) is 3.94. The summed E-state index contributed by atoms with van der Waals surface area (Å²) in [6, 6.07) is 5.57. The molecule has 2 rings (SSSR count). The van der Waals surface area contributed by atoms with E-state index in [1.54, 1.807) is 30.5 Å². The van der Waals surface area contributed by atoms with Crippen LogP contribution in [0.2, 0.25) is 0 Å². The third kappa shape index (κ3) is 3.29. The van der Waals surface area contributed by atoms with Crippen molar-refractivity contribution in [1.29, 1.82) is 0 Å². The van der Waals surface area contributed by atoms with Crippen molar-refractivity contribution in [3.05, 3.63) is 39.2 Å². The van der Waals surface area contributed by atoms with Gasteiger partial charge in [0, 0.05) is 16.8 Å². The first kappa shape index (κ1) is 13.5. The molecule has 6 heteroatoms. The predicted molar refractivity (Wildman–Crippen MR) is 76.5 cm³/mol. The molecule has 0 atom stereocenters. The minimum Gasteiger partial charge on any atom is -0.364 e. The molecule has 2 N–H and O–H groups in total. The predicted octanol–water partition coefficient (Wildman–Crippen LogP) is 2.13. The Labute approximate surface area is 116 Å². The van der Waals surface area contributed by atoms with E-state index < -0.39 is 0 Å². The zero-order valence-corrected chi connectivity index (χ0v) is 12.0. The highest BCUT2D eigenvalue weighted by Crippen LogP contribution is 2.21. The molecule has 2 aromatic rings. The van der Waals surface area contributed by atoms with Crippen molar-refractivity contribution in [2.45, 2.75) is 20.4 Å². The Morgan fingerprint density at radius 1 is 1.32 bits per heavy atom. The molecular formula is C13H16N4OS. The summed E-state index contributed by atoms with van der Waals surface area (Å²) >= 11 is 1.77. The molecule has 1 amide bonds. The lowest BCUT2D eigenvalue weighted by Crippen LogP contribution is -2.19. The number of carbonyl (C=O) groups excluding carboxylic acids is 1. The number of hydrogen-bond donors (Lipinski definition) is 2. The number of thiophene rings is 1. The van der Waals surface area contributed by atoms with E-state index in [1.165, 1.54) is 15.3 Å². The van der Waals surface area contributed by atoms with E-state index in [2.05, 4.69) is 40.7 Å². The summed E-state index contributed by atoms with van der Waals surface area (Å²) < 4.78 is 0. The molecule has 0 saturated heterocycles. The van der Waals surface area contributed by atoms with E-state index in [1.807, 2.05) is 0 Å². The SMILES string of the molecule is CNC(=O)c1ccc(NCc2cc(C)c(C)s2)nn1. The topological polar surface area (TPSA) is 66.9 Å². The van der Waals surface area contributed by atoms with Crippen LogP contribution in [0.3, 0.4) is 0 Å². The van der Waals surface area contributed by atoms with Crippen molar-refractivity contribution in [1.82, 2.24) is 15.5 Å². The molecule has 0 bridgehead atoms. The summed E-state index contributed by atoms with van der Waals surface area (Å²) in [7, 11) is 1.57. The molecule has 0 saturated carbocycles. The zero-order chi connectivity index (χ0) is 13.8. The van der Waals surface area contributed by atoms with Gasteiger partial charge in [0.1, 0.15) is 5.82 Å². The molecule has 0 radical (unpaired) electrons. The standard InChI is InChI=1S/C13H16N4OS/c1-8-6-10(19-9(8)2)7-15-12-5-4-11(16-17-12)13(18)14-3/h4-6H,7H2,1-3H3,(H,14,18)(H,15,17). The van der Waals surface area contributed by atoms with Gasteiger partial charge in [-0.3, -0.25) is 4.79 Å². The molecule has 0 unspecified atom stereocenters. The number of carbonyl (C=O) groups is 1. The van der Waals surface area contributed by atoms with E-state index in [4.69, 9.17) is 0 Å². The van der Waals surface area contributed by atoms with Gasteiger partial charge in [-0.2, -0.15) is 0 Å². The van der Waals surface area contributed by atoms with Gasteiger partial charge in [-0.1, -0.05) is 0 Å². The van der Waals surface area contributed by atoms with Gasteiger partial charge >= 0.3 is 0 Å². The molecule has 2 aromatic heterocycles. The quantitative estimate of drug-likeness (QED) is 0.897. The first-order valence-corrected chi connectivity index (χ1v) is 6.77. The molecule has 2 heterocycles. The maximum atomic E-state index is 11.3. The van der Waals surface area contributed by atoms with Crippen molar-refractivity contribution in [2.75, 3.05) is 12.4 Å². The number of nitrogens with zero attached hydrogens (tertiary/aromatic N) is 2. The summed E-state index contributed by atoms with van der Waals surface area (Å²) in [5.41, 5.74) is 1.62. The average Bonchev–Trinajstić information content (AvgIpc) is 2.75. The van der Waals surface area contributed by atoms with Crippen molar-refractivity contribution in [3.63, 3.8) is 0 Å². The Bertz CT molecular complexity index is 557. The van der Waals surface area contributed by atoms with Crippen LogP contribution in [0.25, 0.3) is 0 Å². The van der Waals surface area contributed by atoms with Crippen LogP contribution in [0.5, 0.6) is 0 Å². The number of nitrogens with one attached hydrogen (secondary N) is 2. The van der Waals surface area contributed by atoms with Crippen molar-refractivity contribution < 1.29 is 4.79 Å². The van der Waals surface area contributed by atoms with Crippen molar-refractivity contribution >= 4 is 23.1 Å². The molecule has 0 aliphatic heterocycles. The molecule has 19 heavy (non-hydrogen) atoms. The summed E-state index contributed by atoms with van der Waals surface area (Å²) in [6.45, 7) is 4.93. The molecular weight excluding hydrogens is 260 g/mol. The lowest BCUT2D eigenvalue weighted by molar-refractivity contribution is 0.0957. The highest BCUT2D eigenvalue weighted by Gasteiger charge is 2.06. The van der Waals surface area contributed by atoms with Crippen LogP contribution in [0.1, 0.15) is 25.8 Å². The summed E-state index contributed by atoms with van der Waals surface area (Å²) in [4.78, 5) is 13.9. The second-order valence-corrected chi connectivity index (χ2v) is 5.53. The maximum absolute atomic E-state index is 11.3. The number of rotatable bonds is 4. The Hall–Kier alpha value is -1.95. The van der Waals surface area contributed by atoms with E-state index in [9.17, 15) is 4.79 Å². The average molecular weight is 276 g/mol. The van der Waals surface area contributed by atoms with Gasteiger partial charge in [0.2, 0.25) is 0 Å². The Kier molecular flexibility index (Phi) is 4.11. The molecule has 0 aromatic carbocycles. The fourth-order valence-electron chi connectivity index (χ4n) is 1.59. The normalized spacial score (nSPS) is 10.3. The second-order valence-electron chi connectivity index (χ2n) is 4.19. The minimum absolute atomic E-state index is 0.233. The Morgan fingerprint density at radius 3 is 2.63 bits per heavy atom. The number of aryl methyl sites for hydroxylation is 2. The number of anilines is 1. The zero-order valence-electron chi connectivity index (χ0n) is 11.2. The first-order chi connectivity index (χ1) is 9.10. The minimum atomic E-state index is -0.233. The van der Waals surface area contributed by atoms with E-state index in [0.29, 0.717) is 18.1 Å². The van der Waals surface area contributed by atoms with Gasteiger partial charge in [-0.15, -0.1) is 21.5 Å². The highest BCUT2D eigenvalue weighted by atomic mass is 32.1. The molecule has 0 spiro atoms. The monoisotopic (exact) mass is 276 g/mol. The van der Waals surface area contributed by atoms with Crippen LogP contribution < -0.4 is 10.6 Å². The van der Waals surface area contributed by atoms with Gasteiger partial charge < -0.3 is 10.6 Å². The van der Waals surface area contributed by atoms with Crippen LogP contribution in [0.4, 0.5) is 5.82 Å². The van der Waals surface area contributed by atoms with E-state index in [0.717, 1.165) is 0 Å². The van der Waals surface area contributed by atoms with Crippen LogP contribution in [0, 0.1) is 13.8 Å². The fraction of sp³-hybridized carbons (Fsp3) is 0.308. The largest absolute Gasteiger partial charge is 0.364 e. The number of hydrogen-bond acceptors (Lipinski definition) is 5. The molecule has 5 nitrogen and oxygen atoms in total. The summed E-state index contributed by atoms with van der Waals surface area (Å²) in [5, 5.41) is 13.5. The highest BCUT2D eigenvalue weighted by molar-refractivity contribution is 7.12. The van der Waals surface area contributed by atoms with Gasteiger partial charge in [0.05, 0.1) is 6.54 Å². The summed E-state index contributed by atoms with van der Waals surface area (Å²) in [5.74, 6) is 0.430. The van der Waals surface area contributed by atoms with Crippen LogP contribution in [0.15, 0.2) is 18.2 Å². The lowest BCUT2D eigenvalue weighted by atomic mass is 10.3. The first-order valence-electron chi connectivity index (χ1n) is 5.95. The second kappa shape index (κ2) is 5.79. The smallest absolute Gasteiger partial charge is 0.271 e. The molecule has 0 aliphatic rings.